The minimum absolute atomic E-state index is 0.144. The van der Waals surface area contributed by atoms with Gasteiger partial charge < -0.3 is 14.5 Å². The summed E-state index contributed by atoms with van der Waals surface area (Å²) in [6.07, 6.45) is 0.419. The first-order chi connectivity index (χ1) is 9.65. The van der Waals surface area contributed by atoms with Crippen molar-refractivity contribution < 1.29 is 13.5 Å². The molecule has 0 aliphatic heterocycles. The van der Waals surface area contributed by atoms with Crippen LogP contribution in [0.5, 0.6) is 0 Å². The number of furan rings is 1. The van der Waals surface area contributed by atoms with Gasteiger partial charge in [0.15, 0.2) is 0 Å². The third-order valence-electron chi connectivity index (χ3n) is 3.13. The lowest BCUT2D eigenvalue weighted by molar-refractivity contribution is 0.161. The van der Waals surface area contributed by atoms with Gasteiger partial charge in [0.25, 0.3) is 0 Å². The summed E-state index contributed by atoms with van der Waals surface area (Å²) < 4.78 is 24.5. The van der Waals surface area contributed by atoms with E-state index < -0.39 is 0 Å². The van der Waals surface area contributed by atoms with E-state index in [0.29, 0.717) is 23.6 Å². The van der Waals surface area contributed by atoms with Crippen LogP contribution in [0.4, 0.5) is 4.39 Å². The topological polar surface area (TPSA) is 34.4 Å². The molecule has 5 heteroatoms. The number of rotatable bonds is 6. The van der Waals surface area contributed by atoms with Crippen LogP contribution in [0, 0.1) is 5.82 Å². The lowest BCUT2D eigenvalue weighted by Crippen LogP contribution is -2.19. The van der Waals surface area contributed by atoms with E-state index in [2.05, 4.69) is 5.32 Å². The summed E-state index contributed by atoms with van der Waals surface area (Å²) in [5.74, 6) is 1.17. The van der Waals surface area contributed by atoms with Gasteiger partial charge in [0.2, 0.25) is 0 Å². The Hall–Kier alpha value is -1.36. The third kappa shape index (κ3) is 3.39. The lowest BCUT2D eigenvalue weighted by atomic mass is 10.0. The lowest BCUT2D eigenvalue weighted by Gasteiger charge is -2.15. The quantitative estimate of drug-likeness (QED) is 0.882. The molecule has 1 heterocycles. The predicted molar refractivity (Wildman–Crippen MR) is 76.3 cm³/mol. The van der Waals surface area contributed by atoms with Gasteiger partial charge in [-0.3, -0.25) is 0 Å². The smallest absolute Gasteiger partial charge is 0.129 e. The SMILES string of the molecule is CNC(Cc1c(F)cccc1Cl)c1ccc(COC)o1. The van der Waals surface area contributed by atoms with Gasteiger partial charge in [-0.1, -0.05) is 17.7 Å². The van der Waals surface area contributed by atoms with Crippen LogP contribution in [-0.2, 0) is 17.8 Å². The van der Waals surface area contributed by atoms with Crippen molar-refractivity contribution in [2.45, 2.75) is 19.1 Å². The fraction of sp³-hybridized carbons (Fsp3) is 0.333. The van der Waals surface area contributed by atoms with Crippen LogP contribution in [-0.4, -0.2) is 14.2 Å². The molecule has 1 N–H and O–H groups in total. The van der Waals surface area contributed by atoms with E-state index in [1.54, 1.807) is 26.3 Å². The largest absolute Gasteiger partial charge is 0.462 e. The molecule has 0 aliphatic carbocycles. The van der Waals surface area contributed by atoms with Crippen molar-refractivity contribution in [2.24, 2.45) is 0 Å². The Morgan fingerprint density at radius 3 is 2.80 bits per heavy atom. The Balaban J connectivity index is 2.20. The van der Waals surface area contributed by atoms with E-state index in [4.69, 9.17) is 20.8 Å². The van der Waals surface area contributed by atoms with Gasteiger partial charge in [-0.05, 0) is 37.7 Å². The van der Waals surface area contributed by atoms with Crippen molar-refractivity contribution in [3.8, 4) is 0 Å². The van der Waals surface area contributed by atoms with Crippen molar-refractivity contribution in [1.82, 2.24) is 5.32 Å². The van der Waals surface area contributed by atoms with Gasteiger partial charge in [0.1, 0.15) is 23.9 Å². The number of hydrogen-bond acceptors (Lipinski definition) is 3. The molecule has 1 aromatic heterocycles. The number of nitrogens with one attached hydrogen (secondary N) is 1. The number of likely N-dealkylation sites (N-methyl/N-ethyl adjacent to an activating group) is 1. The molecule has 0 spiro atoms. The molecule has 0 amide bonds. The van der Waals surface area contributed by atoms with Crippen LogP contribution in [0.25, 0.3) is 0 Å². The highest BCUT2D eigenvalue weighted by atomic mass is 35.5. The predicted octanol–water partition coefficient (Wildman–Crippen LogP) is 3.72. The molecule has 0 fully saturated rings. The second kappa shape index (κ2) is 6.88. The van der Waals surface area contributed by atoms with Crippen LogP contribution in [0.1, 0.15) is 23.1 Å². The minimum atomic E-state index is -0.304. The highest BCUT2D eigenvalue weighted by Crippen LogP contribution is 2.26. The highest BCUT2D eigenvalue weighted by Gasteiger charge is 2.18. The van der Waals surface area contributed by atoms with E-state index in [1.807, 2.05) is 12.1 Å². The minimum Gasteiger partial charge on any atom is -0.462 e. The maximum Gasteiger partial charge on any atom is 0.129 e. The molecule has 20 heavy (non-hydrogen) atoms. The van der Waals surface area contributed by atoms with E-state index in [9.17, 15) is 4.39 Å². The van der Waals surface area contributed by atoms with Crippen LogP contribution in [0.3, 0.4) is 0 Å². The number of methoxy groups -OCH3 is 1. The Kier molecular flexibility index (Phi) is 5.17. The van der Waals surface area contributed by atoms with Gasteiger partial charge in [-0.2, -0.15) is 0 Å². The normalized spacial score (nSPS) is 12.6. The molecule has 2 rings (SSSR count). The Morgan fingerprint density at radius 2 is 2.15 bits per heavy atom. The Bertz CT molecular complexity index is 551. The molecular weight excluding hydrogens is 281 g/mol. The first-order valence-electron chi connectivity index (χ1n) is 6.33. The van der Waals surface area contributed by atoms with Gasteiger partial charge in [-0.25, -0.2) is 4.39 Å². The maximum absolute atomic E-state index is 13.8. The summed E-state index contributed by atoms with van der Waals surface area (Å²) in [4.78, 5) is 0. The van der Waals surface area contributed by atoms with Crippen molar-refractivity contribution >= 4 is 11.6 Å². The molecular formula is C15H17ClFNO2. The van der Waals surface area contributed by atoms with Gasteiger partial charge in [0, 0.05) is 17.7 Å². The summed E-state index contributed by atoms with van der Waals surface area (Å²) in [5, 5.41) is 3.54. The molecule has 1 aromatic carbocycles. The highest BCUT2D eigenvalue weighted by molar-refractivity contribution is 6.31. The van der Waals surface area contributed by atoms with Crippen molar-refractivity contribution in [2.75, 3.05) is 14.2 Å². The zero-order chi connectivity index (χ0) is 14.5. The van der Waals surface area contributed by atoms with Crippen molar-refractivity contribution in [3.63, 3.8) is 0 Å². The fourth-order valence-corrected chi connectivity index (χ4v) is 2.32. The van der Waals surface area contributed by atoms with E-state index in [1.165, 1.54) is 6.07 Å². The second-order valence-electron chi connectivity index (χ2n) is 4.48. The first-order valence-corrected chi connectivity index (χ1v) is 6.71. The van der Waals surface area contributed by atoms with Crippen LogP contribution in [0.15, 0.2) is 34.7 Å². The molecule has 3 nitrogen and oxygen atoms in total. The molecule has 1 unspecified atom stereocenters. The van der Waals surface area contributed by atoms with Crippen molar-refractivity contribution in [3.05, 3.63) is 58.3 Å². The van der Waals surface area contributed by atoms with Crippen LogP contribution in [0.2, 0.25) is 5.02 Å². The molecule has 1 atom stereocenters. The van der Waals surface area contributed by atoms with Gasteiger partial charge >= 0.3 is 0 Å². The standard InChI is InChI=1S/C15H17ClFNO2/c1-18-14(15-7-6-10(20-15)9-19-2)8-11-12(16)4-3-5-13(11)17/h3-7,14,18H,8-9H2,1-2H3. The van der Waals surface area contributed by atoms with Gasteiger partial charge in [-0.15, -0.1) is 0 Å². The third-order valence-corrected chi connectivity index (χ3v) is 3.48. The molecule has 2 aromatic rings. The Morgan fingerprint density at radius 1 is 1.35 bits per heavy atom. The molecule has 0 aliphatic rings. The van der Waals surface area contributed by atoms with Gasteiger partial charge in [0.05, 0.1) is 6.04 Å². The molecule has 0 saturated carbocycles. The van der Waals surface area contributed by atoms with E-state index in [-0.39, 0.29) is 11.9 Å². The molecule has 108 valence electrons. The number of ether oxygens (including phenoxy) is 1. The molecule has 0 bridgehead atoms. The summed E-state index contributed by atoms with van der Waals surface area (Å²) in [5.41, 5.74) is 0.484. The second-order valence-corrected chi connectivity index (χ2v) is 4.89. The van der Waals surface area contributed by atoms with E-state index >= 15 is 0 Å². The summed E-state index contributed by atoms with van der Waals surface area (Å²) in [6.45, 7) is 0.414. The van der Waals surface area contributed by atoms with Crippen LogP contribution >= 0.6 is 11.6 Å². The van der Waals surface area contributed by atoms with E-state index in [0.717, 1.165) is 11.5 Å². The number of benzene rings is 1. The summed E-state index contributed by atoms with van der Waals surface area (Å²) in [7, 11) is 3.41. The maximum atomic E-state index is 13.8. The first kappa shape index (κ1) is 15.0. The fourth-order valence-electron chi connectivity index (χ4n) is 2.08. The average molecular weight is 298 g/mol. The average Bonchev–Trinajstić information content (AvgIpc) is 2.87. The molecule has 0 radical (unpaired) electrons. The Labute approximate surface area is 122 Å². The number of hydrogen-bond donors (Lipinski definition) is 1. The van der Waals surface area contributed by atoms with Crippen LogP contribution < -0.4 is 5.32 Å². The number of halogens is 2. The summed E-state index contributed by atoms with van der Waals surface area (Å²) in [6, 6.07) is 8.27. The zero-order valence-corrected chi connectivity index (χ0v) is 12.2. The van der Waals surface area contributed by atoms with Crippen molar-refractivity contribution in [1.29, 1.82) is 0 Å². The molecule has 0 saturated heterocycles. The zero-order valence-electron chi connectivity index (χ0n) is 11.5. The summed E-state index contributed by atoms with van der Waals surface area (Å²) >= 11 is 6.05. The monoisotopic (exact) mass is 297 g/mol.